The van der Waals surface area contributed by atoms with Gasteiger partial charge < -0.3 is 20.5 Å². The maximum Gasteiger partial charge on any atom is 0.319 e. The average molecular weight is 685 g/mol. The first-order valence-corrected chi connectivity index (χ1v) is 16.9. The summed E-state index contributed by atoms with van der Waals surface area (Å²) in [7, 11) is 0. The molecule has 3 fully saturated rings. The molecule has 0 saturated carbocycles. The number of aromatic nitrogens is 2. The van der Waals surface area contributed by atoms with E-state index in [4.69, 9.17) is 27.1 Å². The van der Waals surface area contributed by atoms with Crippen molar-refractivity contribution in [3.8, 4) is 23.2 Å². The van der Waals surface area contributed by atoms with Crippen molar-refractivity contribution in [1.82, 2.24) is 14.9 Å². The van der Waals surface area contributed by atoms with Crippen molar-refractivity contribution in [3.63, 3.8) is 0 Å². The second kappa shape index (κ2) is 12.3. The van der Waals surface area contributed by atoms with Gasteiger partial charge in [-0.2, -0.15) is 15.2 Å². The molecule has 1 unspecified atom stereocenters. The quantitative estimate of drug-likeness (QED) is 0.222. The number of halogens is 4. The molecule has 7 rings (SSSR count). The highest BCUT2D eigenvalue weighted by atomic mass is 35.5. The molecule has 3 aliphatic rings. The van der Waals surface area contributed by atoms with Crippen molar-refractivity contribution in [3.05, 3.63) is 40.4 Å². The van der Waals surface area contributed by atoms with Crippen LogP contribution < -0.4 is 15.4 Å². The molecule has 4 aromatic rings. The lowest BCUT2D eigenvalue weighted by molar-refractivity contribution is -0.142. The van der Waals surface area contributed by atoms with Crippen LogP contribution >= 0.6 is 22.9 Å². The lowest BCUT2D eigenvalue weighted by Gasteiger charge is -2.31. The van der Waals surface area contributed by atoms with E-state index in [0.717, 1.165) is 30.7 Å². The smallest absolute Gasteiger partial charge is 0.319 e. The van der Waals surface area contributed by atoms with Gasteiger partial charge >= 0.3 is 12.0 Å². The highest BCUT2D eigenvalue weighted by molar-refractivity contribution is 7.23. The number of fused-ring (bicyclic) bond motifs is 3. The molecule has 3 saturated heterocycles. The SMILES string of the molecule is N#Cc1c(N)sc2c(F)ccc(-c3c(Cl)cc4c(N5CCCCC(C(=O)O)CC5)nc(OC[C@@]56CCCN5C[C@H](F)C6)nc4c3F)c12. The van der Waals surface area contributed by atoms with Crippen LogP contribution in [0.15, 0.2) is 18.2 Å². The summed E-state index contributed by atoms with van der Waals surface area (Å²) in [4.78, 5) is 25.1. The van der Waals surface area contributed by atoms with Crippen molar-refractivity contribution in [1.29, 1.82) is 5.26 Å². The van der Waals surface area contributed by atoms with Gasteiger partial charge in [0.1, 0.15) is 41.0 Å². The molecular weight excluding hydrogens is 653 g/mol. The van der Waals surface area contributed by atoms with Gasteiger partial charge in [0.15, 0.2) is 5.82 Å². The fourth-order valence-corrected chi connectivity index (χ4v) is 8.83. The number of anilines is 2. The van der Waals surface area contributed by atoms with Crippen LogP contribution in [0, 0.1) is 28.9 Å². The molecule has 246 valence electrons. The van der Waals surface area contributed by atoms with Crippen molar-refractivity contribution in [2.24, 2.45) is 5.92 Å². The van der Waals surface area contributed by atoms with Crippen LogP contribution in [0.4, 0.5) is 24.0 Å². The summed E-state index contributed by atoms with van der Waals surface area (Å²) in [6.45, 7) is 2.12. The monoisotopic (exact) mass is 684 g/mol. The van der Waals surface area contributed by atoms with Gasteiger partial charge in [-0.05, 0) is 56.3 Å². The topological polar surface area (TPSA) is 129 Å². The summed E-state index contributed by atoms with van der Waals surface area (Å²) >= 11 is 7.71. The Balaban J connectivity index is 1.38. The second-order valence-electron chi connectivity index (χ2n) is 12.7. The van der Waals surface area contributed by atoms with E-state index in [2.05, 4.69) is 9.88 Å². The van der Waals surface area contributed by atoms with Crippen molar-refractivity contribution in [2.45, 2.75) is 56.7 Å². The molecule has 0 amide bonds. The Labute approximate surface area is 277 Å². The van der Waals surface area contributed by atoms with Gasteiger partial charge in [0.2, 0.25) is 0 Å². The minimum Gasteiger partial charge on any atom is -0.481 e. The lowest BCUT2D eigenvalue weighted by Crippen LogP contribution is -2.43. The third-order valence-electron chi connectivity index (χ3n) is 9.90. The van der Waals surface area contributed by atoms with Crippen molar-refractivity contribution in [2.75, 3.05) is 43.4 Å². The van der Waals surface area contributed by atoms with E-state index in [1.165, 1.54) is 12.1 Å². The Morgan fingerprint density at radius 3 is 2.83 bits per heavy atom. The highest BCUT2D eigenvalue weighted by Gasteiger charge is 2.49. The minimum atomic E-state index is -0.964. The van der Waals surface area contributed by atoms with Gasteiger partial charge in [-0.25, -0.2) is 13.2 Å². The van der Waals surface area contributed by atoms with Crippen molar-refractivity contribution < 1.29 is 27.8 Å². The van der Waals surface area contributed by atoms with E-state index in [1.807, 2.05) is 11.0 Å². The molecule has 0 radical (unpaired) electrons. The molecule has 3 aliphatic heterocycles. The molecule has 3 atom stereocenters. The van der Waals surface area contributed by atoms with Gasteiger partial charge in [0.25, 0.3) is 0 Å². The predicted molar refractivity (Wildman–Crippen MR) is 175 cm³/mol. The number of aliphatic carboxylic acids is 1. The number of carboxylic acids is 1. The van der Waals surface area contributed by atoms with E-state index in [0.29, 0.717) is 62.9 Å². The number of alkyl halides is 1. The number of ether oxygens (including phenoxy) is 1. The predicted octanol–water partition coefficient (Wildman–Crippen LogP) is 6.93. The normalized spacial score (nSPS) is 23.5. The van der Waals surface area contributed by atoms with Crippen LogP contribution in [0.2, 0.25) is 5.02 Å². The molecule has 0 spiro atoms. The van der Waals surface area contributed by atoms with Crippen LogP contribution in [-0.2, 0) is 4.79 Å². The molecular formula is C33H32ClF3N6O3S. The van der Waals surface area contributed by atoms with Crippen LogP contribution in [0.3, 0.4) is 0 Å². The standard InChI is InChI=1S/C33H32ClF3N6O3S/c34-22-12-20-27(26(37)25(22)19-5-6-23(36)28-24(19)21(14-38)29(39)47-28)40-32(46-16-33-8-3-10-43(33)15-18(35)13-33)41-30(20)42-9-2-1-4-17(7-11-42)31(44)45/h5-6,12,17-18H,1-4,7-11,13,15-16,39H2,(H,44,45)/t17?,18-,33+/m1/s1. The molecule has 2 aromatic heterocycles. The van der Waals surface area contributed by atoms with E-state index >= 15 is 4.39 Å². The number of rotatable bonds is 6. The number of thiophene rings is 1. The molecule has 5 heterocycles. The van der Waals surface area contributed by atoms with Gasteiger partial charge in [-0.1, -0.05) is 24.1 Å². The summed E-state index contributed by atoms with van der Waals surface area (Å²) < 4.78 is 52.6. The molecule has 9 nitrogen and oxygen atoms in total. The zero-order chi connectivity index (χ0) is 33.0. The zero-order valence-corrected chi connectivity index (χ0v) is 26.9. The number of nitriles is 1. The highest BCUT2D eigenvalue weighted by Crippen LogP contribution is 2.46. The van der Waals surface area contributed by atoms with Gasteiger partial charge in [-0.15, -0.1) is 11.3 Å². The molecule has 0 bridgehead atoms. The first-order valence-electron chi connectivity index (χ1n) is 15.7. The Morgan fingerprint density at radius 2 is 2.04 bits per heavy atom. The maximum absolute atomic E-state index is 16.9. The lowest BCUT2D eigenvalue weighted by atomic mass is 9.95. The number of nitrogens with two attached hydrogens (primary N) is 1. The molecule has 47 heavy (non-hydrogen) atoms. The van der Waals surface area contributed by atoms with Crippen LogP contribution in [0.5, 0.6) is 6.01 Å². The Morgan fingerprint density at radius 1 is 1.21 bits per heavy atom. The summed E-state index contributed by atoms with van der Waals surface area (Å²) in [5.41, 5.74) is 5.59. The second-order valence-corrected chi connectivity index (χ2v) is 14.2. The summed E-state index contributed by atoms with van der Waals surface area (Å²) in [6.07, 6.45) is 3.38. The first-order chi connectivity index (χ1) is 22.6. The molecule has 14 heteroatoms. The van der Waals surface area contributed by atoms with E-state index in [9.17, 15) is 23.9 Å². The molecule has 3 N–H and O–H groups in total. The van der Waals surface area contributed by atoms with Crippen LogP contribution in [-0.4, -0.2) is 70.4 Å². The fraction of sp³-hybridized carbons (Fsp3) is 0.455. The Kier molecular flexibility index (Phi) is 8.30. The van der Waals surface area contributed by atoms with Crippen LogP contribution in [0.1, 0.15) is 50.5 Å². The number of nitrogens with zero attached hydrogens (tertiary/aromatic N) is 5. The first kappa shape index (κ1) is 31.7. The molecule has 2 aromatic carbocycles. The summed E-state index contributed by atoms with van der Waals surface area (Å²) in [5.74, 6) is -2.45. The van der Waals surface area contributed by atoms with Crippen LogP contribution in [0.25, 0.3) is 32.1 Å². The van der Waals surface area contributed by atoms with Gasteiger partial charge in [-0.3, -0.25) is 9.69 Å². The third kappa shape index (κ3) is 5.50. The number of hydrogen-bond donors (Lipinski definition) is 2. The Bertz CT molecular complexity index is 1950. The zero-order valence-electron chi connectivity index (χ0n) is 25.4. The van der Waals surface area contributed by atoms with Gasteiger partial charge in [0, 0.05) is 42.4 Å². The number of carboxylic acid groups (broad SMARTS) is 1. The van der Waals surface area contributed by atoms with E-state index in [-0.39, 0.29) is 54.9 Å². The average Bonchev–Trinajstić information content (AvgIpc) is 3.66. The van der Waals surface area contributed by atoms with E-state index < -0.39 is 35.2 Å². The number of carbonyl (C=O) groups is 1. The summed E-state index contributed by atoms with van der Waals surface area (Å²) in [5, 5.41) is 20.1. The number of hydrogen-bond acceptors (Lipinski definition) is 9. The third-order valence-corrected chi connectivity index (χ3v) is 11.2. The van der Waals surface area contributed by atoms with E-state index in [1.54, 1.807) is 6.07 Å². The number of benzene rings is 2. The van der Waals surface area contributed by atoms with Crippen molar-refractivity contribution >= 4 is 60.7 Å². The number of nitrogen functional groups attached to an aromatic ring is 1. The van der Waals surface area contributed by atoms with Gasteiger partial charge in [0.05, 0.1) is 26.7 Å². The minimum absolute atomic E-state index is 0.00836. The molecule has 0 aliphatic carbocycles. The Hall–Kier alpha value is -3.86. The maximum atomic E-state index is 16.9. The largest absolute Gasteiger partial charge is 0.481 e. The summed E-state index contributed by atoms with van der Waals surface area (Å²) in [6, 6.07) is 6.00. The fourth-order valence-electron chi connectivity index (χ4n) is 7.59.